The lowest BCUT2D eigenvalue weighted by atomic mass is 10.0. The summed E-state index contributed by atoms with van der Waals surface area (Å²) in [5.74, 6) is -1.23. The van der Waals surface area contributed by atoms with E-state index in [1.54, 1.807) is 0 Å². The van der Waals surface area contributed by atoms with Gasteiger partial charge in [0.2, 0.25) is 5.91 Å². The van der Waals surface area contributed by atoms with Crippen LogP contribution in [0.4, 0.5) is 10.1 Å². The molecule has 0 aromatic heterocycles. The number of amides is 1. The summed E-state index contributed by atoms with van der Waals surface area (Å²) in [5.41, 5.74) is 1.26. The zero-order chi connectivity index (χ0) is 11.0. The van der Waals surface area contributed by atoms with E-state index < -0.39 is 11.6 Å². The van der Waals surface area contributed by atoms with E-state index in [9.17, 15) is 14.3 Å². The molecular weight excluding hydrogens is 197 g/mol. The fourth-order valence-electron chi connectivity index (χ4n) is 1.69. The smallest absolute Gasteiger partial charge is 0.227 e. The number of phenolic OH excluding ortho intramolecular Hbond substituents is 1. The maximum atomic E-state index is 13.1. The van der Waals surface area contributed by atoms with Crippen molar-refractivity contribution in [2.24, 2.45) is 5.92 Å². The number of benzene rings is 1. The molecule has 1 aromatic carbocycles. The number of fused-ring (bicyclic) bond motifs is 1. The number of halogens is 1. The lowest BCUT2D eigenvalue weighted by molar-refractivity contribution is -0.119. The Morgan fingerprint density at radius 1 is 1.53 bits per heavy atom. The number of anilines is 1. The molecule has 0 saturated heterocycles. The van der Waals surface area contributed by atoms with Crippen LogP contribution in [0.1, 0.15) is 18.9 Å². The van der Waals surface area contributed by atoms with Crippen LogP contribution in [-0.2, 0) is 11.2 Å². The Balaban J connectivity index is 2.43. The van der Waals surface area contributed by atoms with Crippen molar-refractivity contribution in [2.75, 3.05) is 5.32 Å². The number of hydrogen-bond donors (Lipinski definition) is 2. The third-order valence-electron chi connectivity index (χ3n) is 2.72. The molecule has 0 bridgehead atoms. The monoisotopic (exact) mass is 209 g/mol. The Bertz CT molecular complexity index is 417. The van der Waals surface area contributed by atoms with Crippen LogP contribution in [0.25, 0.3) is 0 Å². The van der Waals surface area contributed by atoms with Gasteiger partial charge in [-0.3, -0.25) is 4.79 Å². The Hall–Kier alpha value is -1.58. The van der Waals surface area contributed by atoms with Gasteiger partial charge in [-0.05, 0) is 24.5 Å². The average Bonchev–Trinajstić information content (AvgIpc) is 2.31. The topological polar surface area (TPSA) is 49.3 Å². The van der Waals surface area contributed by atoms with Crippen LogP contribution in [0.15, 0.2) is 12.1 Å². The van der Waals surface area contributed by atoms with E-state index in [4.69, 9.17) is 0 Å². The molecule has 15 heavy (non-hydrogen) atoms. The molecule has 2 rings (SSSR count). The molecule has 80 valence electrons. The van der Waals surface area contributed by atoms with Gasteiger partial charge in [-0.1, -0.05) is 6.92 Å². The Morgan fingerprint density at radius 2 is 2.27 bits per heavy atom. The van der Waals surface area contributed by atoms with Crippen molar-refractivity contribution in [2.45, 2.75) is 19.8 Å². The molecule has 0 fully saturated rings. The first-order valence-corrected chi connectivity index (χ1v) is 4.90. The van der Waals surface area contributed by atoms with Crippen molar-refractivity contribution < 1.29 is 14.3 Å². The molecule has 0 aliphatic carbocycles. The second-order valence-electron chi connectivity index (χ2n) is 3.89. The number of hydrogen-bond acceptors (Lipinski definition) is 2. The number of aryl methyl sites for hydroxylation is 1. The van der Waals surface area contributed by atoms with Gasteiger partial charge in [0.1, 0.15) is 0 Å². The molecule has 0 saturated carbocycles. The van der Waals surface area contributed by atoms with Gasteiger partial charge in [-0.25, -0.2) is 4.39 Å². The van der Waals surface area contributed by atoms with Crippen LogP contribution in [0, 0.1) is 11.7 Å². The number of carbonyl (C=O) groups excluding carboxylic acids is 1. The van der Waals surface area contributed by atoms with Crippen LogP contribution in [0.2, 0.25) is 0 Å². The normalized spacial score (nSPS) is 20.4. The molecule has 1 unspecified atom stereocenters. The standard InChI is InChI=1S/C11H12FNO2/c1-6-2-3-7-4-8(12)10(14)5-9(7)13-11(6)15/h4-6,14H,2-3H2,1H3,(H,13,15). The van der Waals surface area contributed by atoms with Gasteiger partial charge in [-0.15, -0.1) is 0 Å². The second-order valence-corrected chi connectivity index (χ2v) is 3.89. The SMILES string of the molecule is CC1CCc2cc(F)c(O)cc2NC1=O. The summed E-state index contributed by atoms with van der Waals surface area (Å²) in [7, 11) is 0. The number of rotatable bonds is 0. The highest BCUT2D eigenvalue weighted by molar-refractivity contribution is 5.94. The molecule has 1 amide bonds. The highest BCUT2D eigenvalue weighted by atomic mass is 19.1. The van der Waals surface area contributed by atoms with Gasteiger partial charge in [0.05, 0.1) is 0 Å². The first kappa shape index (κ1) is 9.96. The molecule has 0 spiro atoms. The van der Waals surface area contributed by atoms with Crippen molar-refractivity contribution in [1.29, 1.82) is 0 Å². The summed E-state index contributed by atoms with van der Waals surface area (Å²) in [6.45, 7) is 1.83. The van der Waals surface area contributed by atoms with E-state index in [0.29, 0.717) is 18.5 Å². The van der Waals surface area contributed by atoms with Crippen LogP contribution < -0.4 is 5.32 Å². The van der Waals surface area contributed by atoms with Crippen molar-refractivity contribution in [3.05, 3.63) is 23.5 Å². The lowest BCUT2D eigenvalue weighted by Gasteiger charge is -2.08. The van der Waals surface area contributed by atoms with E-state index in [2.05, 4.69) is 5.32 Å². The van der Waals surface area contributed by atoms with Gasteiger partial charge in [-0.2, -0.15) is 0 Å². The maximum Gasteiger partial charge on any atom is 0.227 e. The average molecular weight is 209 g/mol. The molecular formula is C11H12FNO2. The van der Waals surface area contributed by atoms with Gasteiger partial charge >= 0.3 is 0 Å². The van der Waals surface area contributed by atoms with Crippen LogP contribution >= 0.6 is 0 Å². The minimum absolute atomic E-state index is 0.0809. The van der Waals surface area contributed by atoms with Crippen LogP contribution in [0.3, 0.4) is 0 Å². The largest absolute Gasteiger partial charge is 0.505 e. The predicted octanol–water partition coefficient (Wildman–Crippen LogP) is 2.05. The van der Waals surface area contributed by atoms with Gasteiger partial charge in [0.25, 0.3) is 0 Å². The van der Waals surface area contributed by atoms with Gasteiger partial charge in [0, 0.05) is 17.7 Å². The molecule has 3 nitrogen and oxygen atoms in total. The fraction of sp³-hybridized carbons (Fsp3) is 0.364. The van der Waals surface area contributed by atoms with Gasteiger partial charge < -0.3 is 10.4 Å². The summed E-state index contributed by atoms with van der Waals surface area (Å²) in [5, 5.41) is 11.9. The van der Waals surface area contributed by atoms with E-state index in [0.717, 1.165) is 5.56 Å². The molecule has 1 aromatic rings. The van der Waals surface area contributed by atoms with E-state index in [1.165, 1.54) is 12.1 Å². The van der Waals surface area contributed by atoms with Crippen molar-refractivity contribution in [3.8, 4) is 5.75 Å². The first-order valence-electron chi connectivity index (χ1n) is 4.90. The Morgan fingerprint density at radius 3 is 3.00 bits per heavy atom. The quantitative estimate of drug-likeness (QED) is 0.687. The van der Waals surface area contributed by atoms with E-state index >= 15 is 0 Å². The minimum Gasteiger partial charge on any atom is -0.505 e. The lowest BCUT2D eigenvalue weighted by Crippen LogP contribution is -2.18. The Labute approximate surface area is 86.9 Å². The minimum atomic E-state index is -0.641. The summed E-state index contributed by atoms with van der Waals surface area (Å²) in [6.07, 6.45) is 1.34. The van der Waals surface area contributed by atoms with Crippen molar-refractivity contribution >= 4 is 11.6 Å². The Kier molecular flexibility index (Phi) is 2.34. The van der Waals surface area contributed by atoms with Crippen molar-refractivity contribution in [1.82, 2.24) is 0 Å². The number of carbonyl (C=O) groups is 1. The highest BCUT2D eigenvalue weighted by Gasteiger charge is 2.20. The number of phenols is 1. The van der Waals surface area contributed by atoms with Crippen LogP contribution in [0.5, 0.6) is 5.75 Å². The van der Waals surface area contributed by atoms with Gasteiger partial charge in [0.15, 0.2) is 11.6 Å². The molecule has 1 aliphatic rings. The zero-order valence-corrected chi connectivity index (χ0v) is 8.38. The summed E-state index contributed by atoms with van der Waals surface area (Å²) >= 11 is 0. The van der Waals surface area contributed by atoms with E-state index in [-0.39, 0.29) is 11.8 Å². The molecule has 1 heterocycles. The third-order valence-corrected chi connectivity index (χ3v) is 2.72. The summed E-state index contributed by atoms with van der Waals surface area (Å²) in [6, 6.07) is 2.55. The molecule has 2 N–H and O–H groups in total. The summed E-state index contributed by atoms with van der Waals surface area (Å²) in [4.78, 5) is 11.5. The highest BCUT2D eigenvalue weighted by Crippen LogP contribution is 2.29. The molecule has 0 radical (unpaired) electrons. The number of aromatic hydroxyl groups is 1. The molecule has 1 atom stereocenters. The van der Waals surface area contributed by atoms with E-state index in [1.807, 2.05) is 6.92 Å². The predicted molar refractivity (Wildman–Crippen MR) is 54.2 cm³/mol. The molecule has 4 heteroatoms. The second kappa shape index (κ2) is 3.53. The maximum absolute atomic E-state index is 13.1. The number of nitrogens with one attached hydrogen (secondary N) is 1. The molecule has 1 aliphatic heterocycles. The summed E-state index contributed by atoms with van der Waals surface area (Å²) < 4.78 is 13.1. The zero-order valence-electron chi connectivity index (χ0n) is 8.38. The fourth-order valence-corrected chi connectivity index (χ4v) is 1.69. The first-order chi connectivity index (χ1) is 7.08. The third kappa shape index (κ3) is 1.79. The van der Waals surface area contributed by atoms with Crippen molar-refractivity contribution in [3.63, 3.8) is 0 Å². The van der Waals surface area contributed by atoms with Crippen LogP contribution in [-0.4, -0.2) is 11.0 Å².